The average Bonchev–Trinajstić information content (AvgIpc) is 3.16. The first-order valence-corrected chi connectivity index (χ1v) is 10.2. The van der Waals surface area contributed by atoms with Crippen molar-refractivity contribution < 1.29 is 4.79 Å². The number of aromatic nitrogens is 1. The molecule has 2 aromatic carbocycles. The van der Waals surface area contributed by atoms with Crippen LogP contribution in [0.25, 0.3) is 10.6 Å². The summed E-state index contributed by atoms with van der Waals surface area (Å²) in [4.78, 5) is 19.5. The Balaban J connectivity index is 1.51. The average molecular weight is 378 g/mol. The number of carbonyl (C=O) groups excluding carboxylic acids is 1. The number of aryl methyl sites for hydroxylation is 1. The number of nitrogens with zero attached hydrogens (tertiary/aromatic N) is 2. The van der Waals surface area contributed by atoms with Crippen LogP contribution in [0.2, 0.25) is 0 Å². The fraction of sp³-hybridized carbons (Fsp3) is 0.273. The molecule has 0 bridgehead atoms. The molecule has 0 aliphatic carbocycles. The third kappa shape index (κ3) is 3.60. The van der Waals surface area contributed by atoms with Crippen molar-refractivity contribution in [2.75, 3.05) is 17.2 Å². The van der Waals surface area contributed by atoms with E-state index in [4.69, 9.17) is 10.7 Å². The maximum atomic E-state index is 12.9. The number of rotatable bonds is 4. The molecule has 2 heterocycles. The monoisotopic (exact) mass is 377 g/mol. The molecule has 2 N–H and O–H groups in total. The van der Waals surface area contributed by atoms with Gasteiger partial charge in [0.2, 0.25) is 5.91 Å². The van der Waals surface area contributed by atoms with Gasteiger partial charge in [-0.1, -0.05) is 37.3 Å². The first-order valence-electron chi connectivity index (χ1n) is 9.37. The third-order valence-electron chi connectivity index (χ3n) is 5.08. The zero-order chi connectivity index (χ0) is 18.8. The van der Waals surface area contributed by atoms with E-state index < -0.39 is 0 Å². The highest BCUT2D eigenvalue weighted by atomic mass is 32.1. The summed E-state index contributed by atoms with van der Waals surface area (Å²) in [6, 6.07) is 14.3. The van der Waals surface area contributed by atoms with Crippen LogP contribution < -0.4 is 10.6 Å². The molecule has 4 nitrogen and oxygen atoms in total. The Labute approximate surface area is 163 Å². The summed E-state index contributed by atoms with van der Waals surface area (Å²) in [5.74, 6) is 0.0831. The highest BCUT2D eigenvalue weighted by Crippen LogP contribution is 2.32. The van der Waals surface area contributed by atoms with E-state index in [9.17, 15) is 4.79 Å². The van der Waals surface area contributed by atoms with Gasteiger partial charge in [0, 0.05) is 28.9 Å². The van der Waals surface area contributed by atoms with Gasteiger partial charge >= 0.3 is 0 Å². The van der Waals surface area contributed by atoms with Crippen LogP contribution in [0, 0.1) is 0 Å². The highest BCUT2D eigenvalue weighted by Gasteiger charge is 2.24. The van der Waals surface area contributed by atoms with Crippen LogP contribution in [0.15, 0.2) is 47.8 Å². The summed E-state index contributed by atoms with van der Waals surface area (Å²) in [7, 11) is 0. The molecular formula is C22H23N3OS. The number of fused-ring (bicyclic) bond motifs is 1. The van der Waals surface area contributed by atoms with Gasteiger partial charge in [0.1, 0.15) is 5.01 Å². The van der Waals surface area contributed by atoms with Crippen molar-refractivity contribution in [3.63, 3.8) is 0 Å². The second-order valence-electron chi connectivity index (χ2n) is 6.87. The van der Waals surface area contributed by atoms with E-state index in [0.29, 0.717) is 6.42 Å². The number of thiazole rings is 1. The Bertz CT molecular complexity index is 962. The Morgan fingerprint density at radius 3 is 2.81 bits per heavy atom. The molecule has 3 aromatic rings. The number of hydrogen-bond donors (Lipinski definition) is 1. The molecular weight excluding hydrogens is 354 g/mol. The van der Waals surface area contributed by atoms with Gasteiger partial charge in [0.05, 0.1) is 12.1 Å². The number of benzene rings is 2. The zero-order valence-electron chi connectivity index (χ0n) is 15.4. The molecule has 4 rings (SSSR count). The Hall–Kier alpha value is -2.66. The summed E-state index contributed by atoms with van der Waals surface area (Å²) in [5, 5.41) is 2.95. The number of carbonyl (C=O) groups is 1. The van der Waals surface area contributed by atoms with Crippen LogP contribution >= 0.6 is 11.3 Å². The predicted molar refractivity (Wildman–Crippen MR) is 112 cm³/mol. The van der Waals surface area contributed by atoms with E-state index in [2.05, 4.69) is 31.2 Å². The van der Waals surface area contributed by atoms with Gasteiger partial charge in [-0.15, -0.1) is 11.3 Å². The highest BCUT2D eigenvalue weighted by molar-refractivity contribution is 7.13. The molecule has 1 aliphatic heterocycles. The van der Waals surface area contributed by atoms with E-state index in [-0.39, 0.29) is 5.91 Å². The smallest absolute Gasteiger partial charge is 0.233 e. The molecule has 1 aliphatic rings. The van der Waals surface area contributed by atoms with Gasteiger partial charge in [0.25, 0.3) is 0 Å². The van der Waals surface area contributed by atoms with E-state index in [1.807, 2.05) is 28.5 Å². The normalized spacial score (nSPS) is 13.4. The fourth-order valence-corrected chi connectivity index (χ4v) is 4.39. The van der Waals surface area contributed by atoms with E-state index >= 15 is 0 Å². The SMILES string of the molecule is CCc1ccc(-c2nc(CC(=O)N3CCCc4c(N)cccc43)cs2)cc1. The third-order valence-corrected chi connectivity index (χ3v) is 6.02. The Morgan fingerprint density at radius 2 is 2.04 bits per heavy atom. The number of amides is 1. The summed E-state index contributed by atoms with van der Waals surface area (Å²) in [6.45, 7) is 2.89. The number of nitrogens with two attached hydrogens (primary N) is 1. The minimum absolute atomic E-state index is 0.0831. The molecule has 1 aromatic heterocycles. The van der Waals surface area contributed by atoms with Crippen LogP contribution in [0.4, 0.5) is 11.4 Å². The minimum atomic E-state index is 0.0831. The van der Waals surface area contributed by atoms with Crippen LogP contribution in [-0.2, 0) is 24.1 Å². The molecule has 0 atom stereocenters. The standard InChI is InChI=1S/C22H23N3OS/c1-2-15-8-10-16(11-9-15)22-24-17(14-27-22)13-21(26)25-12-4-5-18-19(23)6-3-7-20(18)25/h3,6-11,14H,2,4-5,12-13,23H2,1H3. The molecule has 138 valence electrons. The number of anilines is 2. The van der Waals surface area contributed by atoms with Crippen molar-refractivity contribution >= 4 is 28.6 Å². The largest absolute Gasteiger partial charge is 0.398 e. The summed E-state index contributed by atoms with van der Waals surface area (Å²) >= 11 is 1.59. The summed E-state index contributed by atoms with van der Waals surface area (Å²) in [5.41, 5.74) is 12.2. The fourth-order valence-electron chi connectivity index (χ4n) is 3.56. The number of nitrogen functional groups attached to an aromatic ring is 1. The van der Waals surface area contributed by atoms with Gasteiger partial charge in [-0.3, -0.25) is 4.79 Å². The number of hydrogen-bond acceptors (Lipinski definition) is 4. The molecule has 0 radical (unpaired) electrons. The molecule has 5 heteroatoms. The van der Waals surface area contributed by atoms with Crippen molar-refractivity contribution in [2.45, 2.75) is 32.6 Å². The molecule has 27 heavy (non-hydrogen) atoms. The summed E-state index contributed by atoms with van der Waals surface area (Å²) in [6.07, 6.45) is 3.22. The lowest BCUT2D eigenvalue weighted by Crippen LogP contribution is -2.36. The van der Waals surface area contributed by atoms with Crippen molar-refractivity contribution in [1.82, 2.24) is 4.98 Å². The second kappa shape index (κ2) is 7.53. The van der Waals surface area contributed by atoms with Gasteiger partial charge in [-0.2, -0.15) is 0 Å². The second-order valence-corrected chi connectivity index (χ2v) is 7.72. The van der Waals surface area contributed by atoms with Crippen molar-refractivity contribution in [2.24, 2.45) is 0 Å². The van der Waals surface area contributed by atoms with Crippen LogP contribution in [0.3, 0.4) is 0 Å². The Morgan fingerprint density at radius 1 is 1.22 bits per heavy atom. The van der Waals surface area contributed by atoms with Crippen LogP contribution in [-0.4, -0.2) is 17.4 Å². The minimum Gasteiger partial charge on any atom is -0.398 e. The first kappa shape index (κ1) is 17.7. The van der Waals surface area contributed by atoms with Gasteiger partial charge in [-0.05, 0) is 42.5 Å². The lowest BCUT2D eigenvalue weighted by atomic mass is 9.99. The van der Waals surface area contributed by atoms with Crippen molar-refractivity contribution in [3.8, 4) is 10.6 Å². The van der Waals surface area contributed by atoms with E-state index in [0.717, 1.165) is 59.0 Å². The molecule has 0 spiro atoms. The maximum Gasteiger partial charge on any atom is 0.233 e. The lowest BCUT2D eigenvalue weighted by Gasteiger charge is -2.30. The van der Waals surface area contributed by atoms with Crippen molar-refractivity contribution in [1.29, 1.82) is 0 Å². The van der Waals surface area contributed by atoms with E-state index in [1.54, 1.807) is 11.3 Å². The quantitative estimate of drug-likeness (QED) is 0.682. The molecule has 0 unspecified atom stereocenters. The first-order chi connectivity index (χ1) is 13.2. The van der Waals surface area contributed by atoms with Crippen LogP contribution in [0.1, 0.15) is 30.2 Å². The maximum absolute atomic E-state index is 12.9. The zero-order valence-corrected chi connectivity index (χ0v) is 16.3. The lowest BCUT2D eigenvalue weighted by molar-refractivity contribution is -0.118. The van der Waals surface area contributed by atoms with Gasteiger partial charge in [-0.25, -0.2) is 4.98 Å². The van der Waals surface area contributed by atoms with Crippen LogP contribution in [0.5, 0.6) is 0 Å². The van der Waals surface area contributed by atoms with Gasteiger partial charge < -0.3 is 10.6 Å². The topological polar surface area (TPSA) is 59.2 Å². The molecule has 1 amide bonds. The predicted octanol–water partition coefficient (Wildman–Crippen LogP) is 4.48. The molecule has 0 fully saturated rings. The van der Waals surface area contributed by atoms with E-state index in [1.165, 1.54) is 5.56 Å². The molecule has 0 saturated heterocycles. The van der Waals surface area contributed by atoms with Crippen molar-refractivity contribution in [3.05, 3.63) is 64.7 Å². The molecule has 0 saturated carbocycles. The van der Waals surface area contributed by atoms with Gasteiger partial charge in [0.15, 0.2) is 0 Å². The summed E-state index contributed by atoms with van der Waals surface area (Å²) < 4.78 is 0. The Kier molecular flexibility index (Phi) is 4.94.